The highest BCUT2D eigenvalue weighted by Crippen LogP contribution is 1.94. The van der Waals surface area contributed by atoms with Crippen molar-refractivity contribution in [3.05, 3.63) is 23.0 Å². The van der Waals surface area contributed by atoms with Crippen LogP contribution in [-0.2, 0) is 0 Å². The van der Waals surface area contributed by atoms with Gasteiger partial charge in [-0.1, -0.05) is 0 Å². The van der Waals surface area contributed by atoms with Crippen molar-refractivity contribution >= 4 is 23.6 Å². The molecular weight excluding hydrogens is 184 g/mol. The van der Waals surface area contributed by atoms with Crippen LogP contribution in [0.4, 0.5) is 0 Å². The Balaban J connectivity index is 0.000000605. The molecule has 6 nitrogen and oxygen atoms in total. The highest BCUT2D eigenvalue weighted by atomic mass is 35.5. The first kappa shape index (κ1) is 10.6. The van der Waals surface area contributed by atoms with Crippen LogP contribution in [0.3, 0.4) is 0 Å². The molecule has 0 spiro atoms. The Kier molecular flexibility index (Phi) is 3.39. The average molecular weight is 191 g/mol. The first-order valence-electron chi connectivity index (χ1n) is 2.75. The number of aromatic nitrogens is 4. The molecule has 0 radical (unpaired) electrons. The molecule has 0 saturated heterocycles. The number of aromatic amines is 2. The molecule has 2 aromatic heterocycles. The number of fused-ring (bicyclic) bond motifs is 1. The number of hydrogen-bond acceptors (Lipinski definition) is 3. The van der Waals surface area contributed by atoms with Crippen LogP contribution in [0.15, 0.2) is 17.4 Å². The largest absolute Gasteiger partial charge is 0.412 e. The Morgan fingerprint density at radius 1 is 1.17 bits per heavy atom. The first-order valence-corrected chi connectivity index (χ1v) is 2.75. The summed E-state index contributed by atoms with van der Waals surface area (Å²) in [7, 11) is 0. The van der Waals surface area contributed by atoms with E-state index in [1.165, 1.54) is 12.7 Å². The van der Waals surface area contributed by atoms with Crippen LogP contribution in [0.25, 0.3) is 11.2 Å². The van der Waals surface area contributed by atoms with Gasteiger partial charge in [0.25, 0.3) is 5.56 Å². The van der Waals surface area contributed by atoms with Crippen molar-refractivity contribution in [1.82, 2.24) is 19.9 Å². The molecule has 0 atom stereocenters. The van der Waals surface area contributed by atoms with E-state index >= 15 is 0 Å². The molecule has 0 saturated carbocycles. The van der Waals surface area contributed by atoms with Crippen molar-refractivity contribution in [1.29, 1.82) is 0 Å². The molecule has 2 aromatic rings. The van der Waals surface area contributed by atoms with Gasteiger partial charge in [0.15, 0.2) is 11.2 Å². The van der Waals surface area contributed by atoms with Crippen molar-refractivity contribution < 1.29 is 5.48 Å². The standard InChI is InChI=1S/C5H4N4O.ClH.H2O/c10-5-3-4(7-1-6-3)8-2-9-5;;/h1-2H,(H2,6,7,8,9,10);1H;1H2. The van der Waals surface area contributed by atoms with Crippen LogP contribution in [0, 0.1) is 0 Å². The minimum Gasteiger partial charge on any atom is -0.412 e. The van der Waals surface area contributed by atoms with Crippen molar-refractivity contribution in [3.8, 4) is 0 Å². The second-order valence-corrected chi connectivity index (χ2v) is 1.83. The monoisotopic (exact) mass is 190 g/mol. The number of hydrogen-bond donors (Lipinski definition) is 2. The maximum atomic E-state index is 10.9. The molecule has 0 fully saturated rings. The lowest BCUT2D eigenvalue weighted by Gasteiger charge is -1.81. The Morgan fingerprint density at radius 3 is 2.33 bits per heavy atom. The molecule has 2 heterocycles. The zero-order valence-corrected chi connectivity index (χ0v) is 6.68. The summed E-state index contributed by atoms with van der Waals surface area (Å²) in [5.41, 5.74) is 0.675. The number of nitrogens with zero attached hydrogens (tertiary/aromatic N) is 2. The van der Waals surface area contributed by atoms with Gasteiger partial charge < -0.3 is 15.4 Å². The SMILES string of the molecule is Cl.O.O=c1[nH]cnc2nc[nH]c12. The fourth-order valence-corrected chi connectivity index (χ4v) is 0.776. The summed E-state index contributed by atoms with van der Waals surface area (Å²) in [6, 6.07) is 0. The molecule has 7 heteroatoms. The van der Waals surface area contributed by atoms with Crippen molar-refractivity contribution in [2.24, 2.45) is 0 Å². The van der Waals surface area contributed by atoms with Gasteiger partial charge in [0.1, 0.15) is 0 Å². The van der Waals surface area contributed by atoms with Crippen LogP contribution >= 0.6 is 12.4 Å². The van der Waals surface area contributed by atoms with E-state index in [4.69, 9.17) is 0 Å². The summed E-state index contributed by atoms with van der Waals surface area (Å²) in [6.07, 6.45) is 2.76. The van der Waals surface area contributed by atoms with Crippen LogP contribution in [0.5, 0.6) is 0 Å². The van der Waals surface area contributed by atoms with E-state index in [9.17, 15) is 4.79 Å². The van der Waals surface area contributed by atoms with Gasteiger partial charge in [-0.15, -0.1) is 12.4 Å². The Bertz CT molecular complexity index is 409. The Hall–Kier alpha value is -1.40. The molecule has 0 aromatic carbocycles. The molecular formula is C5H7ClN4O2. The third-order valence-corrected chi connectivity index (χ3v) is 1.23. The summed E-state index contributed by atoms with van der Waals surface area (Å²) in [6.45, 7) is 0. The maximum absolute atomic E-state index is 10.9. The van der Waals surface area contributed by atoms with Gasteiger partial charge in [0.05, 0.1) is 12.7 Å². The van der Waals surface area contributed by atoms with Crippen LogP contribution in [-0.4, -0.2) is 25.4 Å². The van der Waals surface area contributed by atoms with E-state index in [1.54, 1.807) is 0 Å². The molecule has 2 rings (SSSR count). The summed E-state index contributed by atoms with van der Waals surface area (Å²) in [4.78, 5) is 23.6. The molecule has 0 aliphatic heterocycles. The highest BCUT2D eigenvalue weighted by molar-refractivity contribution is 5.85. The quantitative estimate of drug-likeness (QED) is 0.570. The van der Waals surface area contributed by atoms with E-state index in [2.05, 4.69) is 19.9 Å². The minimum absolute atomic E-state index is 0. The number of nitrogens with one attached hydrogen (secondary N) is 2. The number of imidazole rings is 1. The molecule has 66 valence electrons. The topological polar surface area (TPSA) is 106 Å². The second kappa shape index (κ2) is 3.84. The van der Waals surface area contributed by atoms with E-state index in [1.807, 2.05) is 0 Å². The number of halogens is 1. The highest BCUT2D eigenvalue weighted by Gasteiger charge is 1.97. The smallest absolute Gasteiger partial charge is 0.276 e. The predicted molar refractivity (Wildman–Crippen MR) is 45.4 cm³/mol. The number of rotatable bonds is 0. The van der Waals surface area contributed by atoms with E-state index in [0.29, 0.717) is 11.2 Å². The van der Waals surface area contributed by atoms with Gasteiger partial charge in [-0.3, -0.25) is 4.79 Å². The van der Waals surface area contributed by atoms with Gasteiger partial charge in [-0.2, -0.15) is 0 Å². The van der Waals surface area contributed by atoms with Crippen LogP contribution in [0.2, 0.25) is 0 Å². The van der Waals surface area contributed by atoms with Crippen LogP contribution < -0.4 is 5.56 Å². The molecule has 0 aliphatic rings. The van der Waals surface area contributed by atoms with Gasteiger partial charge >= 0.3 is 0 Å². The molecule has 0 bridgehead atoms. The van der Waals surface area contributed by atoms with Crippen molar-refractivity contribution in [2.75, 3.05) is 0 Å². The summed E-state index contributed by atoms with van der Waals surface area (Å²) in [5.74, 6) is 0. The molecule has 0 unspecified atom stereocenters. The van der Waals surface area contributed by atoms with Gasteiger partial charge in [0, 0.05) is 0 Å². The maximum Gasteiger partial charge on any atom is 0.276 e. The lowest BCUT2D eigenvalue weighted by molar-refractivity contribution is 0.824. The third kappa shape index (κ3) is 1.44. The lowest BCUT2D eigenvalue weighted by atomic mass is 10.6. The summed E-state index contributed by atoms with van der Waals surface area (Å²) >= 11 is 0. The summed E-state index contributed by atoms with van der Waals surface area (Å²) in [5, 5.41) is 0. The average Bonchev–Trinajstić information content (AvgIpc) is 2.36. The zero-order valence-electron chi connectivity index (χ0n) is 5.87. The van der Waals surface area contributed by atoms with E-state index < -0.39 is 0 Å². The fourth-order valence-electron chi connectivity index (χ4n) is 0.776. The Labute approximate surface area is 72.8 Å². The first-order chi connectivity index (χ1) is 4.88. The number of H-pyrrole nitrogens is 2. The van der Waals surface area contributed by atoms with Gasteiger partial charge in [0.2, 0.25) is 0 Å². The fraction of sp³-hybridized carbons (Fsp3) is 0. The lowest BCUT2D eigenvalue weighted by Crippen LogP contribution is -2.05. The molecule has 4 N–H and O–H groups in total. The summed E-state index contributed by atoms with van der Waals surface area (Å²) < 4.78 is 0. The molecule has 0 amide bonds. The van der Waals surface area contributed by atoms with Crippen molar-refractivity contribution in [3.63, 3.8) is 0 Å². The van der Waals surface area contributed by atoms with E-state index in [-0.39, 0.29) is 23.4 Å². The van der Waals surface area contributed by atoms with E-state index in [0.717, 1.165) is 0 Å². The second-order valence-electron chi connectivity index (χ2n) is 1.83. The zero-order chi connectivity index (χ0) is 6.97. The van der Waals surface area contributed by atoms with Gasteiger partial charge in [-0.25, -0.2) is 9.97 Å². The minimum atomic E-state index is -0.192. The van der Waals surface area contributed by atoms with Crippen molar-refractivity contribution in [2.45, 2.75) is 0 Å². The normalized spacial score (nSPS) is 8.67. The van der Waals surface area contributed by atoms with Gasteiger partial charge in [-0.05, 0) is 0 Å². The Morgan fingerprint density at radius 2 is 1.75 bits per heavy atom. The third-order valence-electron chi connectivity index (χ3n) is 1.23. The molecule has 12 heavy (non-hydrogen) atoms. The van der Waals surface area contributed by atoms with Crippen LogP contribution in [0.1, 0.15) is 0 Å². The predicted octanol–water partition coefficient (Wildman–Crippen LogP) is -0.757. The molecule has 0 aliphatic carbocycles.